The number of hydrogen-bond donors (Lipinski definition) is 0. The van der Waals surface area contributed by atoms with Crippen LogP contribution in [0.5, 0.6) is 0 Å². The van der Waals surface area contributed by atoms with E-state index < -0.39 is 0 Å². The van der Waals surface area contributed by atoms with Gasteiger partial charge in [0, 0.05) is 32.5 Å². The normalized spacial score (nSPS) is 17.4. The molecule has 16 heavy (non-hydrogen) atoms. The van der Waals surface area contributed by atoms with Gasteiger partial charge in [-0.1, -0.05) is 0 Å². The highest BCUT2D eigenvalue weighted by Crippen LogP contribution is 2.04. The van der Waals surface area contributed by atoms with Gasteiger partial charge in [-0.15, -0.1) is 0 Å². The van der Waals surface area contributed by atoms with Crippen molar-refractivity contribution in [2.75, 3.05) is 39.5 Å². The molecule has 0 spiro atoms. The Morgan fingerprint density at radius 3 is 2.69 bits per heavy atom. The third-order valence-electron chi connectivity index (χ3n) is 2.49. The zero-order chi connectivity index (χ0) is 11.8. The van der Waals surface area contributed by atoms with Crippen molar-refractivity contribution in [1.29, 1.82) is 0 Å². The molecule has 1 heterocycles. The lowest BCUT2D eigenvalue weighted by atomic mass is 10.1. The second kappa shape index (κ2) is 7.35. The molecule has 0 aromatic carbocycles. The van der Waals surface area contributed by atoms with Crippen LogP contribution in [0, 0.1) is 0 Å². The van der Waals surface area contributed by atoms with Crippen molar-refractivity contribution in [2.24, 2.45) is 0 Å². The van der Waals surface area contributed by atoms with Crippen LogP contribution in [0.3, 0.4) is 0 Å². The first kappa shape index (κ1) is 13.1. The van der Waals surface area contributed by atoms with E-state index in [0.29, 0.717) is 31.8 Å². The Kier molecular flexibility index (Phi) is 6.03. The Bertz CT molecular complexity index is 232. The van der Waals surface area contributed by atoms with Crippen molar-refractivity contribution in [2.45, 2.75) is 19.8 Å². The van der Waals surface area contributed by atoms with E-state index in [1.807, 2.05) is 0 Å². The number of piperidine rings is 1. The molecule has 0 unspecified atom stereocenters. The van der Waals surface area contributed by atoms with Gasteiger partial charge in [0.2, 0.25) is 0 Å². The lowest BCUT2D eigenvalue weighted by Gasteiger charge is -2.25. The number of rotatable bonds is 6. The molecule has 1 fully saturated rings. The minimum absolute atomic E-state index is 0.0145. The van der Waals surface area contributed by atoms with Crippen molar-refractivity contribution in [3.63, 3.8) is 0 Å². The Morgan fingerprint density at radius 1 is 1.38 bits per heavy atom. The Hall–Kier alpha value is -0.940. The van der Waals surface area contributed by atoms with Crippen LogP contribution < -0.4 is 0 Å². The second-order valence-electron chi connectivity index (χ2n) is 3.74. The molecule has 0 saturated carbocycles. The topological polar surface area (TPSA) is 55.8 Å². The zero-order valence-corrected chi connectivity index (χ0v) is 9.74. The second-order valence-corrected chi connectivity index (χ2v) is 3.74. The van der Waals surface area contributed by atoms with Gasteiger partial charge in [0.05, 0.1) is 13.2 Å². The number of ketones is 1. The van der Waals surface area contributed by atoms with E-state index in [1.165, 1.54) is 0 Å². The summed E-state index contributed by atoms with van der Waals surface area (Å²) >= 11 is 0. The minimum Gasteiger partial charge on any atom is -0.464 e. The van der Waals surface area contributed by atoms with Crippen LogP contribution in [0.2, 0.25) is 0 Å². The van der Waals surface area contributed by atoms with Crippen LogP contribution >= 0.6 is 0 Å². The van der Waals surface area contributed by atoms with E-state index in [1.54, 1.807) is 6.92 Å². The number of carbonyl (C=O) groups excluding carboxylic acids is 2. The molecule has 0 bridgehead atoms. The van der Waals surface area contributed by atoms with Gasteiger partial charge in [0.25, 0.3) is 0 Å². The number of nitrogens with zero attached hydrogens (tertiary/aromatic N) is 1. The summed E-state index contributed by atoms with van der Waals surface area (Å²) in [5.74, 6) is 0.0139. The lowest BCUT2D eigenvalue weighted by molar-refractivity contribution is -0.148. The van der Waals surface area contributed by atoms with Crippen LogP contribution in [0.15, 0.2) is 0 Å². The third-order valence-corrected chi connectivity index (χ3v) is 2.49. The summed E-state index contributed by atoms with van der Waals surface area (Å²) in [5, 5.41) is 0. The first-order chi connectivity index (χ1) is 7.72. The summed E-state index contributed by atoms with van der Waals surface area (Å²) in [7, 11) is 0. The van der Waals surface area contributed by atoms with E-state index in [2.05, 4.69) is 4.90 Å². The first-order valence-corrected chi connectivity index (χ1v) is 5.69. The molecule has 1 rings (SSSR count). The van der Waals surface area contributed by atoms with Crippen LogP contribution in [0.4, 0.5) is 0 Å². The molecule has 92 valence electrons. The number of Topliss-reactive ketones (excluding diaryl/α,β-unsaturated/α-hetero) is 1. The summed E-state index contributed by atoms with van der Waals surface area (Å²) in [6.07, 6.45) is 1.27. The standard InChI is InChI=1S/C11H19NO4/c1-2-16-11(14)9-15-8-7-12-5-3-10(13)4-6-12/h2-9H2,1H3. The van der Waals surface area contributed by atoms with Gasteiger partial charge in [0.15, 0.2) is 0 Å². The van der Waals surface area contributed by atoms with Gasteiger partial charge in [-0.3, -0.25) is 4.79 Å². The summed E-state index contributed by atoms with van der Waals surface area (Å²) < 4.78 is 9.90. The van der Waals surface area contributed by atoms with Gasteiger partial charge < -0.3 is 14.4 Å². The van der Waals surface area contributed by atoms with Crippen molar-refractivity contribution in [1.82, 2.24) is 4.90 Å². The Balaban J connectivity index is 1.99. The highest BCUT2D eigenvalue weighted by Gasteiger charge is 2.15. The SMILES string of the molecule is CCOC(=O)COCCN1CCC(=O)CC1. The third kappa shape index (κ3) is 5.23. The molecule has 0 aromatic rings. The molecule has 0 N–H and O–H groups in total. The molecule has 0 radical (unpaired) electrons. The maximum Gasteiger partial charge on any atom is 0.332 e. The van der Waals surface area contributed by atoms with E-state index in [9.17, 15) is 9.59 Å². The van der Waals surface area contributed by atoms with Crippen molar-refractivity contribution >= 4 is 11.8 Å². The Labute approximate surface area is 95.7 Å². The summed E-state index contributed by atoms with van der Waals surface area (Å²) in [4.78, 5) is 24.1. The molecule has 0 aliphatic carbocycles. The predicted octanol–water partition coefficient (Wildman–Crippen LogP) is 0.231. The number of likely N-dealkylation sites (tertiary alicyclic amines) is 1. The molecule has 1 aliphatic rings. The molecule has 1 saturated heterocycles. The molecule has 0 aromatic heterocycles. The van der Waals surface area contributed by atoms with Crippen molar-refractivity contribution < 1.29 is 19.1 Å². The minimum atomic E-state index is -0.323. The largest absolute Gasteiger partial charge is 0.464 e. The van der Waals surface area contributed by atoms with Crippen LogP contribution in [-0.2, 0) is 19.1 Å². The van der Waals surface area contributed by atoms with Crippen molar-refractivity contribution in [3.8, 4) is 0 Å². The van der Waals surface area contributed by atoms with Gasteiger partial charge in [-0.2, -0.15) is 0 Å². The van der Waals surface area contributed by atoms with E-state index in [0.717, 1.165) is 19.6 Å². The Morgan fingerprint density at radius 2 is 2.06 bits per heavy atom. The maximum atomic E-state index is 11.0. The van der Waals surface area contributed by atoms with Gasteiger partial charge in [0.1, 0.15) is 12.4 Å². The average Bonchev–Trinajstić information content (AvgIpc) is 2.27. The first-order valence-electron chi connectivity index (χ1n) is 5.69. The fraction of sp³-hybridized carbons (Fsp3) is 0.818. The van der Waals surface area contributed by atoms with E-state index in [-0.39, 0.29) is 12.6 Å². The highest BCUT2D eigenvalue weighted by atomic mass is 16.6. The molecule has 0 atom stereocenters. The molecule has 0 amide bonds. The molecular weight excluding hydrogens is 210 g/mol. The fourth-order valence-corrected chi connectivity index (χ4v) is 1.58. The number of ether oxygens (including phenoxy) is 2. The quantitative estimate of drug-likeness (QED) is 0.482. The van der Waals surface area contributed by atoms with Gasteiger partial charge >= 0.3 is 5.97 Å². The van der Waals surface area contributed by atoms with E-state index >= 15 is 0 Å². The molecule has 5 nitrogen and oxygen atoms in total. The monoisotopic (exact) mass is 229 g/mol. The van der Waals surface area contributed by atoms with Crippen molar-refractivity contribution in [3.05, 3.63) is 0 Å². The smallest absolute Gasteiger partial charge is 0.332 e. The average molecular weight is 229 g/mol. The number of esters is 1. The highest BCUT2D eigenvalue weighted by molar-refractivity contribution is 5.79. The van der Waals surface area contributed by atoms with Gasteiger partial charge in [-0.05, 0) is 6.92 Å². The molecular formula is C11H19NO4. The van der Waals surface area contributed by atoms with E-state index in [4.69, 9.17) is 9.47 Å². The summed E-state index contributed by atoms with van der Waals surface area (Å²) in [6.45, 7) is 5.06. The maximum absolute atomic E-state index is 11.0. The van der Waals surface area contributed by atoms with Crippen LogP contribution in [-0.4, -0.2) is 56.1 Å². The molecule has 5 heteroatoms. The lowest BCUT2D eigenvalue weighted by Crippen LogP contribution is -2.36. The van der Waals surface area contributed by atoms with Gasteiger partial charge in [-0.25, -0.2) is 4.79 Å². The summed E-state index contributed by atoms with van der Waals surface area (Å²) in [5.41, 5.74) is 0. The fourth-order valence-electron chi connectivity index (χ4n) is 1.58. The molecule has 1 aliphatic heterocycles. The summed E-state index contributed by atoms with van der Waals surface area (Å²) in [6, 6.07) is 0. The number of hydrogen-bond acceptors (Lipinski definition) is 5. The predicted molar refractivity (Wildman–Crippen MR) is 58.1 cm³/mol. The van der Waals surface area contributed by atoms with Crippen LogP contribution in [0.1, 0.15) is 19.8 Å². The van der Waals surface area contributed by atoms with Crippen LogP contribution in [0.25, 0.3) is 0 Å². The zero-order valence-electron chi connectivity index (χ0n) is 9.74. The number of carbonyl (C=O) groups is 2.